The number of pyridine rings is 1. The van der Waals surface area contributed by atoms with Gasteiger partial charge >= 0.3 is 0 Å². The number of sulfonamides is 1. The Labute approximate surface area is 122 Å². The van der Waals surface area contributed by atoms with E-state index in [-0.39, 0.29) is 16.7 Å². The maximum atomic E-state index is 12.7. The van der Waals surface area contributed by atoms with Gasteiger partial charge in [0.15, 0.2) is 0 Å². The van der Waals surface area contributed by atoms with Crippen LogP contribution in [0, 0.1) is 11.8 Å². The summed E-state index contributed by atoms with van der Waals surface area (Å²) < 4.78 is 26.9. The topological polar surface area (TPSA) is 62.3 Å². The number of hydrogen-bond donors (Lipinski definition) is 1. The van der Waals surface area contributed by atoms with Crippen molar-refractivity contribution in [2.45, 2.75) is 32.6 Å². The summed E-state index contributed by atoms with van der Waals surface area (Å²) in [6.07, 6.45) is 1.41. The number of rotatable bonds is 7. The fraction of sp³-hybridized carbons (Fsp3) is 0.643. The summed E-state index contributed by atoms with van der Waals surface area (Å²) >= 11 is 0. The first-order valence-corrected chi connectivity index (χ1v) is 8.35. The van der Waals surface area contributed by atoms with Crippen LogP contribution >= 0.6 is 0 Å². The Morgan fingerprint density at radius 3 is 2.05 bits per heavy atom. The zero-order chi connectivity index (χ0) is 15.3. The molecule has 0 fully saturated rings. The Morgan fingerprint density at radius 2 is 1.70 bits per heavy atom. The molecule has 0 aliphatic rings. The van der Waals surface area contributed by atoms with Crippen molar-refractivity contribution >= 4 is 15.8 Å². The van der Waals surface area contributed by atoms with Crippen molar-refractivity contribution < 1.29 is 8.42 Å². The highest BCUT2D eigenvalue weighted by Gasteiger charge is 2.26. The van der Waals surface area contributed by atoms with Gasteiger partial charge in [0.2, 0.25) is 10.0 Å². The molecule has 1 aromatic rings. The standard InChI is InChI=1S/C14H25N3O2S/c1-11(2)9-17(10-12(3)4)20(18,19)13-6-7-14(15-5)16-8-13/h6-8,11-12H,9-10H2,1-5H3,(H,15,16). The normalized spacial score (nSPS) is 12.4. The summed E-state index contributed by atoms with van der Waals surface area (Å²) in [5, 5.41) is 2.88. The van der Waals surface area contributed by atoms with E-state index in [1.807, 2.05) is 27.7 Å². The van der Waals surface area contributed by atoms with Crippen LogP contribution in [0.3, 0.4) is 0 Å². The second-order valence-corrected chi connectivity index (χ2v) is 7.68. The van der Waals surface area contributed by atoms with Gasteiger partial charge in [0, 0.05) is 26.3 Å². The molecule has 0 spiro atoms. The minimum Gasteiger partial charge on any atom is -0.373 e. The summed E-state index contributed by atoms with van der Waals surface area (Å²) in [6, 6.07) is 3.28. The lowest BCUT2D eigenvalue weighted by Crippen LogP contribution is -2.37. The second-order valence-electron chi connectivity index (χ2n) is 5.74. The molecule has 0 bridgehead atoms. The molecule has 0 aliphatic heterocycles. The number of hydrogen-bond acceptors (Lipinski definition) is 4. The lowest BCUT2D eigenvalue weighted by Gasteiger charge is -2.25. The van der Waals surface area contributed by atoms with Crippen molar-refractivity contribution in [3.05, 3.63) is 18.3 Å². The van der Waals surface area contributed by atoms with Gasteiger partial charge in [0.05, 0.1) is 0 Å². The molecule has 0 atom stereocenters. The third-order valence-corrected chi connectivity index (χ3v) is 4.58. The number of aromatic nitrogens is 1. The highest BCUT2D eigenvalue weighted by Crippen LogP contribution is 2.19. The summed E-state index contributed by atoms with van der Waals surface area (Å²) in [6.45, 7) is 9.12. The molecule has 20 heavy (non-hydrogen) atoms. The third kappa shape index (κ3) is 4.45. The van der Waals surface area contributed by atoms with Crippen molar-refractivity contribution in [3.8, 4) is 0 Å². The molecule has 0 aromatic carbocycles. The van der Waals surface area contributed by atoms with Crippen LogP contribution < -0.4 is 5.32 Å². The van der Waals surface area contributed by atoms with Crippen LogP contribution in [0.15, 0.2) is 23.2 Å². The van der Waals surface area contributed by atoms with Crippen LogP contribution in [-0.4, -0.2) is 37.8 Å². The predicted octanol–water partition coefficient (Wildman–Crippen LogP) is 2.43. The monoisotopic (exact) mass is 299 g/mol. The zero-order valence-corrected chi connectivity index (χ0v) is 13.7. The van der Waals surface area contributed by atoms with E-state index < -0.39 is 10.0 Å². The molecule has 6 heteroatoms. The average molecular weight is 299 g/mol. The maximum Gasteiger partial charge on any atom is 0.244 e. The van der Waals surface area contributed by atoms with Crippen LogP contribution in [0.25, 0.3) is 0 Å². The minimum atomic E-state index is -3.47. The van der Waals surface area contributed by atoms with Gasteiger partial charge in [0.1, 0.15) is 10.7 Å². The zero-order valence-electron chi connectivity index (χ0n) is 12.9. The first kappa shape index (κ1) is 16.9. The van der Waals surface area contributed by atoms with Crippen molar-refractivity contribution in [2.75, 3.05) is 25.5 Å². The van der Waals surface area contributed by atoms with Gasteiger partial charge in [-0.1, -0.05) is 27.7 Å². The highest BCUT2D eigenvalue weighted by atomic mass is 32.2. The Kier molecular flexibility index (Phi) is 5.95. The molecule has 1 N–H and O–H groups in total. The molecule has 1 heterocycles. The Morgan fingerprint density at radius 1 is 1.15 bits per heavy atom. The van der Waals surface area contributed by atoms with Crippen molar-refractivity contribution in [1.82, 2.24) is 9.29 Å². The molecule has 0 radical (unpaired) electrons. The van der Waals surface area contributed by atoms with E-state index in [0.717, 1.165) is 0 Å². The molecule has 114 valence electrons. The SMILES string of the molecule is CNc1ccc(S(=O)(=O)N(CC(C)C)CC(C)C)cn1. The van der Waals surface area contributed by atoms with E-state index in [1.165, 1.54) is 6.20 Å². The van der Waals surface area contributed by atoms with E-state index in [2.05, 4.69) is 10.3 Å². The van der Waals surface area contributed by atoms with Crippen LogP contribution in [0.5, 0.6) is 0 Å². The van der Waals surface area contributed by atoms with Gasteiger partial charge in [-0.25, -0.2) is 13.4 Å². The predicted molar refractivity (Wildman–Crippen MR) is 82.2 cm³/mol. The molecular formula is C14H25N3O2S. The Bertz CT molecular complexity index is 500. The molecule has 0 saturated carbocycles. The first-order chi connectivity index (χ1) is 9.27. The fourth-order valence-corrected chi connectivity index (χ4v) is 3.63. The fourth-order valence-electron chi connectivity index (χ4n) is 1.92. The first-order valence-electron chi connectivity index (χ1n) is 6.91. The molecule has 5 nitrogen and oxygen atoms in total. The smallest absolute Gasteiger partial charge is 0.244 e. The number of nitrogens with one attached hydrogen (secondary N) is 1. The molecule has 0 amide bonds. The summed E-state index contributed by atoms with van der Waals surface area (Å²) in [7, 11) is -1.72. The summed E-state index contributed by atoms with van der Waals surface area (Å²) in [5.74, 6) is 1.23. The highest BCUT2D eigenvalue weighted by molar-refractivity contribution is 7.89. The summed E-state index contributed by atoms with van der Waals surface area (Å²) in [4.78, 5) is 4.34. The molecule has 1 aromatic heterocycles. The third-order valence-electron chi connectivity index (χ3n) is 2.77. The van der Waals surface area contributed by atoms with Gasteiger partial charge in [-0.3, -0.25) is 0 Å². The molecule has 0 unspecified atom stereocenters. The van der Waals surface area contributed by atoms with Crippen molar-refractivity contribution in [3.63, 3.8) is 0 Å². The molecule has 1 rings (SSSR count). The van der Waals surface area contributed by atoms with Gasteiger partial charge in [-0.15, -0.1) is 0 Å². The molecular weight excluding hydrogens is 274 g/mol. The molecule has 0 saturated heterocycles. The number of anilines is 1. The van der Waals surface area contributed by atoms with Gasteiger partial charge in [-0.2, -0.15) is 4.31 Å². The van der Waals surface area contributed by atoms with Crippen molar-refractivity contribution in [2.24, 2.45) is 11.8 Å². The Hall–Kier alpha value is -1.14. The van der Waals surface area contributed by atoms with Gasteiger partial charge < -0.3 is 5.32 Å². The van der Waals surface area contributed by atoms with E-state index in [0.29, 0.717) is 18.9 Å². The quantitative estimate of drug-likeness (QED) is 0.840. The lowest BCUT2D eigenvalue weighted by molar-refractivity contribution is 0.333. The van der Waals surface area contributed by atoms with E-state index in [1.54, 1.807) is 23.5 Å². The lowest BCUT2D eigenvalue weighted by atomic mass is 10.2. The van der Waals surface area contributed by atoms with E-state index in [4.69, 9.17) is 0 Å². The van der Waals surface area contributed by atoms with Crippen LogP contribution in [-0.2, 0) is 10.0 Å². The van der Waals surface area contributed by atoms with Gasteiger partial charge in [0.25, 0.3) is 0 Å². The number of nitrogens with zero attached hydrogens (tertiary/aromatic N) is 2. The van der Waals surface area contributed by atoms with E-state index in [9.17, 15) is 8.42 Å². The van der Waals surface area contributed by atoms with Crippen LogP contribution in [0.1, 0.15) is 27.7 Å². The van der Waals surface area contributed by atoms with Crippen LogP contribution in [0.2, 0.25) is 0 Å². The second kappa shape index (κ2) is 7.04. The summed E-state index contributed by atoms with van der Waals surface area (Å²) in [5.41, 5.74) is 0. The molecule has 0 aliphatic carbocycles. The maximum absolute atomic E-state index is 12.7. The minimum absolute atomic E-state index is 0.248. The largest absolute Gasteiger partial charge is 0.373 e. The Balaban J connectivity index is 3.07. The van der Waals surface area contributed by atoms with Crippen LogP contribution in [0.4, 0.5) is 5.82 Å². The van der Waals surface area contributed by atoms with Gasteiger partial charge in [-0.05, 0) is 24.0 Å². The van der Waals surface area contributed by atoms with E-state index >= 15 is 0 Å². The average Bonchev–Trinajstić information content (AvgIpc) is 2.37. The van der Waals surface area contributed by atoms with Crippen molar-refractivity contribution in [1.29, 1.82) is 0 Å².